The molecule has 1 fully saturated rings. The molecular weight excluding hydrogens is 238 g/mol. The van der Waals surface area contributed by atoms with E-state index in [0.717, 1.165) is 24.9 Å². The minimum Gasteiger partial charge on any atom is -0.337 e. The van der Waals surface area contributed by atoms with Gasteiger partial charge in [0.1, 0.15) is 0 Å². The zero-order chi connectivity index (χ0) is 13.1. The van der Waals surface area contributed by atoms with Crippen LogP contribution in [-0.4, -0.2) is 16.7 Å². The van der Waals surface area contributed by atoms with Crippen LogP contribution in [0.4, 0.5) is 0 Å². The molecule has 2 heterocycles. The Hall–Kier alpha value is -1.68. The molecule has 0 radical (unpaired) electrons. The number of aromatic nitrogens is 2. The van der Waals surface area contributed by atoms with Gasteiger partial charge in [-0.15, -0.1) is 0 Å². The van der Waals surface area contributed by atoms with E-state index in [0.29, 0.717) is 11.7 Å². The molecule has 3 rings (SSSR count). The van der Waals surface area contributed by atoms with Crippen molar-refractivity contribution in [2.45, 2.75) is 38.6 Å². The molecule has 2 aromatic rings. The fraction of sp³-hybridized carbons (Fsp3) is 0.467. The summed E-state index contributed by atoms with van der Waals surface area (Å²) in [6.45, 7) is 3.18. The van der Waals surface area contributed by atoms with E-state index in [2.05, 4.69) is 46.6 Å². The maximum atomic E-state index is 5.39. The Morgan fingerprint density at radius 3 is 2.79 bits per heavy atom. The summed E-state index contributed by atoms with van der Waals surface area (Å²) in [7, 11) is 0. The first kappa shape index (κ1) is 12.4. The van der Waals surface area contributed by atoms with Gasteiger partial charge in [0.15, 0.2) is 0 Å². The van der Waals surface area contributed by atoms with Gasteiger partial charge in [-0.25, -0.2) is 0 Å². The highest BCUT2D eigenvalue weighted by molar-refractivity contribution is 5.54. The molecule has 1 atom stereocenters. The highest BCUT2D eigenvalue weighted by atomic mass is 16.5. The second kappa shape index (κ2) is 5.53. The Kier molecular flexibility index (Phi) is 3.60. The van der Waals surface area contributed by atoms with Gasteiger partial charge < -0.3 is 9.84 Å². The summed E-state index contributed by atoms with van der Waals surface area (Å²) in [5, 5.41) is 7.51. The first-order valence-electron chi connectivity index (χ1n) is 7.03. The number of nitrogens with one attached hydrogen (secondary N) is 1. The van der Waals surface area contributed by atoms with Crippen LogP contribution in [0.1, 0.15) is 43.7 Å². The molecular formula is C15H19N3O. The average molecular weight is 257 g/mol. The molecule has 4 nitrogen and oxygen atoms in total. The lowest BCUT2D eigenvalue weighted by Crippen LogP contribution is -2.26. The van der Waals surface area contributed by atoms with Crippen molar-refractivity contribution in [3.63, 3.8) is 0 Å². The van der Waals surface area contributed by atoms with Crippen molar-refractivity contribution in [3.05, 3.63) is 35.7 Å². The second-order valence-corrected chi connectivity index (χ2v) is 5.01. The van der Waals surface area contributed by atoms with Crippen molar-refractivity contribution in [2.24, 2.45) is 0 Å². The molecule has 0 saturated carbocycles. The third kappa shape index (κ3) is 2.68. The van der Waals surface area contributed by atoms with Crippen molar-refractivity contribution in [3.8, 4) is 11.4 Å². The summed E-state index contributed by atoms with van der Waals surface area (Å²) in [6.07, 6.45) is 4.58. The Balaban J connectivity index is 1.79. The normalized spacial score (nSPS) is 19.5. The van der Waals surface area contributed by atoms with E-state index >= 15 is 0 Å². The summed E-state index contributed by atoms with van der Waals surface area (Å²) in [6, 6.07) is 8.57. The number of benzene rings is 1. The molecule has 1 aromatic heterocycles. The fourth-order valence-electron chi connectivity index (χ4n) is 2.45. The first-order chi connectivity index (χ1) is 9.36. The van der Waals surface area contributed by atoms with Gasteiger partial charge in [0.25, 0.3) is 0 Å². The lowest BCUT2D eigenvalue weighted by atomic mass is 10.1. The molecule has 0 spiro atoms. The molecule has 100 valence electrons. The van der Waals surface area contributed by atoms with Gasteiger partial charge in [0.2, 0.25) is 11.7 Å². The van der Waals surface area contributed by atoms with Crippen LogP contribution in [0.2, 0.25) is 0 Å². The van der Waals surface area contributed by atoms with Crippen LogP contribution in [0.3, 0.4) is 0 Å². The third-order valence-electron chi connectivity index (χ3n) is 3.67. The molecule has 1 aromatic carbocycles. The van der Waals surface area contributed by atoms with Gasteiger partial charge in [-0.3, -0.25) is 0 Å². The topological polar surface area (TPSA) is 51.0 Å². The Bertz CT molecular complexity index is 527. The van der Waals surface area contributed by atoms with E-state index in [1.54, 1.807) is 0 Å². The van der Waals surface area contributed by atoms with Crippen LogP contribution in [0.5, 0.6) is 0 Å². The summed E-state index contributed by atoms with van der Waals surface area (Å²) in [4.78, 5) is 4.52. The van der Waals surface area contributed by atoms with Crippen molar-refractivity contribution in [1.29, 1.82) is 0 Å². The minimum absolute atomic E-state index is 0.227. The SMILES string of the molecule is CCc1ccc(-c2noc([C@@H]3CCCCN3)n2)cc1. The number of hydrogen-bond acceptors (Lipinski definition) is 4. The standard InChI is InChI=1S/C15H19N3O/c1-2-11-6-8-12(9-7-11)14-17-15(19-18-14)13-5-3-4-10-16-13/h6-9,13,16H,2-5,10H2,1H3/t13-/m0/s1. The molecule has 19 heavy (non-hydrogen) atoms. The number of hydrogen-bond donors (Lipinski definition) is 1. The second-order valence-electron chi connectivity index (χ2n) is 5.01. The monoisotopic (exact) mass is 257 g/mol. The predicted octanol–water partition coefficient (Wildman–Crippen LogP) is 3.11. The van der Waals surface area contributed by atoms with E-state index in [9.17, 15) is 0 Å². The Morgan fingerprint density at radius 2 is 2.11 bits per heavy atom. The van der Waals surface area contributed by atoms with Crippen molar-refractivity contribution < 1.29 is 4.52 Å². The zero-order valence-electron chi connectivity index (χ0n) is 11.2. The summed E-state index contributed by atoms with van der Waals surface area (Å²) >= 11 is 0. The van der Waals surface area contributed by atoms with E-state index < -0.39 is 0 Å². The van der Waals surface area contributed by atoms with E-state index in [4.69, 9.17) is 4.52 Å². The lowest BCUT2D eigenvalue weighted by molar-refractivity contribution is 0.297. The molecule has 0 bridgehead atoms. The number of aryl methyl sites for hydroxylation is 1. The molecule has 0 aliphatic carbocycles. The molecule has 1 aliphatic heterocycles. The smallest absolute Gasteiger partial charge is 0.244 e. The van der Waals surface area contributed by atoms with Gasteiger partial charge in [0.05, 0.1) is 6.04 Å². The van der Waals surface area contributed by atoms with E-state index in [-0.39, 0.29) is 6.04 Å². The summed E-state index contributed by atoms with van der Waals surface area (Å²) in [5.41, 5.74) is 2.34. The van der Waals surface area contributed by atoms with Crippen molar-refractivity contribution in [2.75, 3.05) is 6.54 Å². The number of rotatable bonds is 3. The van der Waals surface area contributed by atoms with Gasteiger partial charge in [-0.2, -0.15) is 4.98 Å². The molecule has 1 aliphatic rings. The van der Waals surface area contributed by atoms with Crippen LogP contribution >= 0.6 is 0 Å². The molecule has 1 N–H and O–H groups in total. The van der Waals surface area contributed by atoms with Crippen LogP contribution in [0, 0.1) is 0 Å². The van der Waals surface area contributed by atoms with Gasteiger partial charge in [-0.1, -0.05) is 42.8 Å². The highest BCUT2D eigenvalue weighted by Gasteiger charge is 2.21. The highest BCUT2D eigenvalue weighted by Crippen LogP contribution is 2.24. The van der Waals surface area contributed by atoms with Crippen molar-refractivity contribution in [1.82, 2.24) is 15.5 Å². The maximum Gasteiger partial charge on any atom is 0.244 e. The minimum atomic E-state index is 0.227. The molecule has 0 amide bonds. The Labute approximate surface area is 113 Å². The molecule has 4 heteroatoms. The van der Waals surface area contributed by atoms with Gasteiger partial charge in [-0.05, 0) is 31.4 Å². The summed E-state index contributed by atoms with van der Waals surface area (Å²) in [5.74, 6) is 1.40. The van der Waals surface area contributed by atoms with Crippen molar-refractivity contribution >= 4 is 0 Å². The Morgan fingerprint density at radius 1 is 1.26 bits per heavy atom. The molecule has 1 saturated heterocycles. The van der Waals surface area contributed by atoms with E-state index in [1.807, 2.05) is 0 Å². The quantitative estimate of drug-likeness (QED) is 0.918. The number of nitrogens with zero attached hydrogens (tertiary/aromatic N) is 2. The van der Waals surface area contributed by atoms with Gasteiger partial charge >= 0.3 is 0 Å². The van der Waals surface area contributed by atoms with Crippen LogP contribution in [0.25, 0.3) is 11.4 Å². The largest absolute Gasteiger partial charge is 0.337 e. The average Bonchev–Trinajstić information content (AvgIpc) is 2.98. The van der Waals surface area contributed by atoms with Crippen LogP contribution in [0.15, 0.2) is 28.8 Å². The lowest BCUT2D eigenvalue weighted by Gasteiger charge is -2.19. The first-order valence-corrected chi connectivity index (χ1v) is 7.03. The third-order valence-corrected chi connectivity index (χ3v) is 3.67. The van der Waals surface area contributed by atoms with Gasteiger partial charge in [0, 0.05) is 5.56 Å². The predicted molar refractivity (Wildman–Crippen MR) is 73.7 cm³/mol. The molecule has 0 unspecified atom stereocenters. The maximum absolute atomic E-state index is 5.39. The van der Waals surface area contributed by atoms with E-state index in [1.165, 1.54) is 18.4 Å². The van der Waals surface area contributed by atoms with Crippen LogP contribution in [-0.2, 0) is 6.42 Å². The number of piperidine rings is 1. The summed E-state index contributed by atoms with van der Waals surface area (Å²) < 4.78 is 5.39. The fourth-order valence-corrected chi connectivity index (χ4v) is 2.45. The van der Waals surface area contributed by atoms with Crippen LogP contribution < -0.4 is 5.32 Å². The zero-order valence-corrected chi connectivity index (χ0v) is 11.2.